The molecule has 0 aliphatic heterocycles. The molecule has 0 atom stereocenters. The van der Waals surface area contributed by atoms with Gasteiger partial charge in [-0.1, -0.05) is 77.3 Å². The molecular formula is C23H15Cl3N4O. The van der Waals surface area contributed by atoms with E-state index < -0.39 is 0 Å². The lowest BCUT2D eigenvalue weighted by molar-refractivity contribution is 0.475. The molecule has 154 valence electrons. The van der Waals surface area contributed by atoms with Gasteiger partial charge in [-0.3, -0.25) is 0 Å². The van der Waals surface area contributed by atoms with Gasteiger partial charge in [-0.25, -0.2) is 15.4 Å². The summed E-state index contributed by atoms with van der Waals surface area (Å²) in [6, 6.07) is 22.0. The van der Waals surface area contributed by atoms with Crippen LogP contribution >= 0.6 is 34.8 Å². The van der Waals surface area contributed by atoms with Crippen molar-refractivity contribution in [1.29, 1.82) is 0 Å². The van der Waals surface area contributed by atoms with E-state index in [4.69, 9.17) is 34.8 Å². The van der Waals surface area contributed by atoms with Crippen LogP contribution in [0.2, 0.25) is 15.1 Å². The summed E-state index contributed by atoms with van der Waals surface area (Å²) in [5.74, 6) is 0.174. The molecule has 5 nitrogen and oxygen atoms in total. The largest absolute Gasteiger partial charge is 0.506 e. The van der Waals surface area contributed by atoms with E-state index in [0.717, 1.165) is 16.8 Å². The molecule has 0 bridgehead atoms. The number of benzene rings is 3. The molecule has 4 aromatic rings. The van der Waals surface area contributed by atoms with Gasteiger partial charge in [-0.05, 0) is 30.3 Å². The fraction of sp³-hybridized carbons (Fsp3) is 0. The quantitative estimate of drug-likeness (QED) is 0.246. The molecule has 31 heavy (non-hydrogen) atoms. The van der Waals surface area contributed by atoms with E-state index in [-0.39, 0.29) is 16.7 Å². The number of hydrazone groups is 1. The summed E-state index contributed by atoms with van der Waals surface area (Å²) in [4.78, 5) is 9.11. The Kier molecular flexibility index (Phi) is 6.37. The van der Waals surface area contributed by atoms with E-state index in [9.17, 15) is 5.11 Å². The van der Waals surface area contributed by atoms with Crippen LogP contribution in [-0.4, -0.2) is 21.3 Å². The predicted octanol–water partition coefficient (Wildman–Crippen LogP) is 6.92. The highest BCUT2D eigenvalue weighted by Gasteiger charge is 2.09. The number of nitrogens with zero attached hydrogens (tertiary/aromatic N) is 3. The highest BCUT2D eigenvalue weighted by Crippen LogP contribution is 2.30. The number of hydrogen-bond donors (Lipinski definition) is 2. The third-order valence-electron chi connectivity index (χ3n) is 4.36. The zero-order chi connectivity index (χ0) is 21.8. The zero-order valence-electron chi connectivity index (χ0n) is 15.9. The van der Waals surface area contributed by atoms with Gasteiger partial charge in [0.05, 0.1) is 22.6 Å². The van der Waals surface area contributed by atoms with Crippen molar-refractivity contribution in [3.05, 3.63) is 93.4 Å². The Morgan fingerprint density at radius 1 is 0.774 bits per heavy atom. The minimum atomic E-state index is -0.113. The Hall–Kier alpha value is -3.12. The van der Waals surface area contributed by atoms with Crippen molar-refractivity contribution in [2.24, 2.45) is 5.10 Å². The average molecular weight is 470 g/mol. The molecule has 0 fully saturated rings. The van der Waals surface area contributed by atoms with Gasteiger partial charge in [-0.2, -0.15) is 5.10 Å². The fourth-order valence-corrected chi connectivity index (χ4v) is 3.50. The highest BCUT2D eigenvalue weighted by molar-refractivity contribution is 6.36. The minimum absolute atomic E-state index is 0.113. The molecule has 3 aromatic carbocycles. The summed E-state index contributed by atoms with van der Waals surface area (Å²) in [6.07, 6.45) is 1.40. The number of hydrogen-bond acceptors (Lipinski definition) is 5. The van der Waals surface area contributed by atoms with Gasteiger partial charge >= 0.3 is 0 Å². The maximum atomic E-state index is 10.1. The first-order chi connectivity index (χ1) is 15.0. The molecule has 4 rings (SSSR count). The van der Waals surface area contributed by atoms with E-state index >= 15 is 0 Å². The lowest BCUT2D eigenvalue weighted by Gasteiger charge is -2.08. The van der Waals surface area contributed by atoms with Gasteiger partial charge in [-0.15, -0.1) is 0 Å². The van der Waals surface area contributed by atoms with Crippen LogP contribution in [0.5, 0.6) is 5.75 Å². The van der Waals surface area contributed by atoms with Crippen LogP contribution in [0.15, 0.2) is 77.9 Å². The second-order valence-corrected chi connectivity index (χ2v) is 7.81. The molecule has 8 heteroatoms. The summed E-state index contributed by atoms with van der Waals surface area (Å²) < 4.78 is 0. The molecular weight excluding hydrogens is 455 g/mol. The lowest BCUT2D eigenvalue weighted by Crippen LogP contribution is -2.00. The van der Waals surface area contributed by atoms with E-state index in [1.165, 1.54) is 12.3 Å². The number of halogens is 3. The Labute approximate surface area is 194 Å². The van der Waals surface area contributed by atoms with Crippen molar-refractivity contribution >= 4 is 47.0 Å². The number of anilines is 1. The third-order valence-corrected chi connectivity index (χ3v) is 5.12. The van der Waals surface area contributed by atoms with Crippen LogP contribution in [0.25, 0.3) is 22.5 Å². The van der Waals surface area contributed by atoms with Gasteiger partial charge in [0.15, 0.2) is 0 Å². The highest BCUT2D eigenvalue weighted by atomic mass is 35.5. The smallest absolute Gasteiger partial charge is 0.244 e. The number of nitrogens with one attached hydrogen (secondary N) is 1. The molecule has 0 aliphatic carbocycles. The van der Waals surface area contributed by atoms with Crippen LogP contribution in [0.3, 0.4) is 0 Å². The number of phenols is 1. The van der Waals surface area contributed by atoms with Crippen molar-refractivity contribution < 1.29 is 5.11 Å². The maximum Gasteiger partial charge on any atom is 0.244 e. The second-order valence-electron chi connectivity index (χ2n) is 6.53. The first kappa shape index (κ1) is 21.1. The molecule has 1 heterocycles. The zero-order valence-corrected chi connectivity index (χ0v) is 18.2. The van der Waals surface area contributed by atoms with Gasteiger partial charge < -0.3 is 5.11 Å². The van der Waals surface area contributed by atoms with Crippen molar-refractivity contribution in [3.63, 3.8) is 0 Å². The Bertz CT molecular complexity index is 1250. The topological polar surface area (TPSA) is 70.4 Å². The summed E-state index contributed by atoms with van der Waals surface area (Å²) in [5, 5.41) is 15.4. The molecule has 0 aliphatic rings. The molecule has 0 amide bonds. The Morgan fingerprint density at radius 3 is 2.10 bits per heavy atom. The summed E-state index contributed by atoms with van der Waals surface area (Å²) in [5.41, 5.74) is 6.43. The molecule has 0 saturated heterocycles. The summed E-state index contributed by atoms with van der Waals surface area (Å²) >= 11 is 18.0. The molecule has 1 aromatic heterocycles. The summed E-state index contributed by atoms with van der Waals surface area (Å²) in [6.45, 7) is 0. The van der Waals surface area contributed by atoms with E-state index in [0.29, 0.717) is 21.3 Å². The average Bonchev–Trinajstić information content (AvgIpc) is 2.78. The van der Waals surface area contributed by atoms with Gasteiger partial charge in [0, 0.05) is 26.7 Å². The van der Waals surface area contributed by atoms with Crippen LogP contribution in [-0.2, 0) is 0 Å². The molecule has 0 radical (unpaired) electrons. The number of aromatic nitrogens is 2. The van der Waals surface area contributed by atoms with Crippen LogP contribution in [0.1, 0.15) is 5.56 Å². The molecule has 2 N–H and O–H groups in total. The minimum Gasteiger partial charge on any atom is -0.506 e. The van der Waals surface area contributed by atoms with Gasteiger partial charge in [0.2, 0.25) is 5.95 Å². The molecule has 0 saturated carbocycles. The summed E-state index contributed by atoms with van der Waals surface area (Å²) in [7, 11) is 0. The SMILES string of the molecule is Oc1c(Cl)cc(Cl)cc1/C=N/Nc1nc(-c2ccccc2)cc(-c2ccc(Cl)cc2)n1. The van der Waals surface area contributed by atoms with E-state index in [1.807, 2.05) is 48.5 Å². The van der Waals surface area contributed by atoms with Crippen molar-refractivity contribution in [3.8, 4) is 28.3 Å². The molecule has 0 spiro atoms. The lowest BCUT2D eigenvalue weighted by atomic mass is 10.1. The van der Waals surface area contributed by atoms with E-state index in [2.05, 4.69) is 20.5 Å². The van der Waals surface area contributed by atoms with Crippen LogP contribution < -0.4 is 5.43 Å². The van der Waals surface area contributed by atoms with Gasteiger partial charge in [0.1, 0.15) is 5.75 Å². The molecule has 0 unspecified atom stereocenters. The van der Waals surface area contributed by atoms with Crippen LogP contribution in [0, 0.1) is 0 Å². The number of aromatic hydroxyl groups is 1. The number of rotatable bonds is 5. The van der Waals surface area contributed by atoms with E-state index in [1.54, 1.807) is 18.2 Å². The normalized spacial score (nSPS) is 11.1. The van der Waals surface area contributed by atoms with Crippen LogP contribution in [0.4, 0.5) is 5.95 Å². The monoisotopic (exact) mass is 468 g/mol. The maximum absolute atomic E-state index is 10.1. The van der Waals surface area contributed by atoms with Crippen molar-refractivity contribution in [2.75, 3.05) is 5.43 Å². The fourth-order valence-electron chi connectivity index (χ4n) is 2.87. The second kappa shape index (κ2) is 9.35. The third kappa shape index (κ3) is 5.14. The Balaban J connectivity index is 1.70. The van der Waals surface area contributed by atoms with Gasteiger partial charge in [0.25, 0.3) is 0 Å². The number of phenolic OH excluding ortho intramolecular Hbond substituents is 1. The Morgan fingerprint density at radius 2 is 1.42 bits per heavy atom. The standard InChI is InChI=1S/C23H15Cl3N4O/c24-17-8-6-15(7-9-17)21-12-20(14-4-2-1-3-5-14)28-23(29-21)30-27-13-16-10-18(25)11-19(26)22(16)31/h1-13,31H,(H,28,29,30)/b27-13+. The predicted molar refractivity (Wildman–Crippen MR) is 127 cm³/mol. The first-order valence-corrected chi connectivity index (χ1v) is 10.3. The van der Waals surface area contributed by atoms with Crippen molar-refractivity contribution in [1.82, 2.24) is 9.97 Å². The van der Waals surface area contributed by atoms with Crippen molar-refractivity contribution in [2.45, 2.75) is 0 Å². The first-order valence-electron chi connectivity index (χ1n) is 9.17.